The number of hydrogen-bond acceptors (Lipinski definition) is 3. The molecule has 0 bridgehead atoms. The lowest BCUT2D eigenvalue weighted by atomic mass is 9.92. The van der Waals surface area contributed by atoms with Gasteiger partial charge in [-0.2, -0.15) is 0 Å². The van der Waals surface area contributed by atoms with Gasteiger partial charge >= 0.3 is 6.03 Å². The number of anilines is 1. The quantitative estimate of drug-likeness (QED) is 0.373. The van der Waals surface area contributed by atoms with Crippen molar-refractivity contribution in [3.63, 3.8) is 0 Å². The normalized spacial score (nSPS) is 14.8. The summed E-state index contributed by atoms with van der Waals surface area (Å²) in [6, 6.07) is 10.1. The molecule has 0 fully saturated rings. The fourth-order valence-electron chi connectivity index (χ4n) is 4.82. The van der Waals surface area contributed by atoms with Crippen LogP contribution < -0.4 is 10.6 Å². The number of amides is 2. The number of rotatable bonds is 8. The second kappa shape index (κ2) is 10.8. The molecule has 0 saturated heterocycles. The zero-order valence-electron chi connectivity index (χ0n) is 21.1. The van der Waals surface area contributed by atoms with Gasteiger partial charge in [0.2, 0.25) is 0 Å². The highest BCUT2D eigenvalue weighted by Gasteiger charge is 2.30. The molecule has 5 nitrogen and oxygen atoms in total. The van der Waals surface area contributed by atoms with Gasteiger partial charge in [0, 0.05) is 41.6 Å². The minimum absolute atomic E-state index is 0.0290. The van der Waals surface area contributed by atoms with Crippen LogP contribution in [0.2, 0.25) is 0 Å². The third kappa shape index (κ3) is 5.56. The van der Waals surface area contributed by atoms with E-state index in [2.05, 4.69) is 78.4 Å². The van der Waals surface area contributed by atoms with Crippen molar-refractivity contribution in [2.45, 2.75) is 66.5 Å². The molecule has 0 radical (unpaired) electrons. The third-order valence-electron chi connectivity index (χ3n) is 6.76. The summed E-state index contributed by atoms with van der Waals surface area (Å²) in [5, 5.41) is 7.72. The molecule has 0 spiro atoms. The van der Waals surface area contributed by atoms with Gasteiger partial charge in [-0.15, -0.1) is 11.3 Å². The van der Waals surface area contributed by atoms with Crippen LogP contribution >= 0.6 is 11.3 Å². The van der Waals surface area contributed by atoms with Gasteiger partial charge in [-0.3, -0.25) is 4.90 Å². The molecular weight excluding hydrogens is 440 g/mol. The zero-order valence-corrected chi connectivity index (χ0v) is 22.0. The second-order valence-electron chi connectivity index (χ2n) is 9.87. The number of likely N-dealkylation sites (N-methyl/N-ethyl adjacent to an activating group) is 1. The molecule has 182 valence electrons. The SMILES string of the molecule is CCN1CCc2c(sc(-n3cccc3)c2C(CCC(C)C)NC(=O)Nc2ccc(C)cc2C)C1. The number of fused-ring (bicyclic) bond motifs is 1. The summed E-state index contributed by atoms with van der Waals surface area (Å²) in [5.41, 5.74) is 5.89. The van der Waals surface area contributed by atoms with Gasteiger partial charge in [0.1, 0.15) is 5.00 Å². The van der Waals surface area contributed by atoms with E-state index in [-0.39, 0.29) is 12.1 Å². The molecule has 0 saturated carbocycles. The van der Waals surface area contributed by atoms with E-state index in [4.69, 9.17) is 0 Å². The number of nitrogens with one attached hydrogen (secondary N) is 2. The van der Waals surface area contributed by atoms with Crippen LogP contribution in [0.25, 0.3) is 5.00 Å². The average Bonchev–Trinajstić information content (AvgIpc) is 3.45. The Labute approximate surface area is 208 Å². The molecule has 1 atom stereocenters. The molecule has 1 unspecified atom stereocenters. The minimum Gasteiger partial charge on any atom is -0.331 e. The predicted octanol–water partition coefficient (Wildman–Crippen LogP) is 6.83. The smallest absolute Gasteiger partial charge is 0.319 e. The van der Waals surface area contributed by atoms with E-state index in [0.29, 0.717) is 5.92 Å². The molecule has 2 amide bonds. The monoisotopic (exact) mass is 478 g/mol. The van der Waals surface area contributed by atoms with Gasteiger partial charge in [-0.1, -0.05) is 38.5 Å². The summed E-state index contributed by atoms with van der Waals surface area (Å²) in [4.78, 5) is 17.2. The van der Waals surface area contributed by atoms with Gasteiger partial charge in [0.05, 0.1) is 6.04 Å². The van der Waals surface area contributed by atoms with Gasteiger partial charge in [0.15, 0.2) is 0 Å². The Morgan fingerprint density at radius 1 is 1.15 bits per heavy atom. The largest absolute Gasteiger partial charge is 0.331 e. The van der Waals surface area contributed by atoms with E-state index >= 15 is 0 Å². The maximum atomic E-state index is 13.2. The van der Waals surface area contributed by atoms with Crippen LogP contribution in [0.3, 0.4) is 0 Å². The van der Waals surface area contributed by atoms with E-state index in [1.807, 2.05) is 30.4 Å². The first-order valence-electron chi connectivity index (χ1n) is 12.5. The molecule has 4 rings (SSSR count). The standard InChI is InChI=1S/C28H38N4OS/c1-6-31-16-13-22-25(18-31)34-27(32-14-7-8-15-32)26(22)24(11-9-19(2)3)30-28(33)29-23-12-10-20(4)17-21(23)5/h7-8,10,12,14-15,17,19,24H,6,9,11,13,16,18H2,1-5H3,(H2,29,30,33). The van der Waals surface area contributed by atoms with E-state index in [1.165, 1.54) is 26.6 Å². The van der Waals surface area contributed by atoms with Crippen molar-refractivity contribution in [2.75, 3.05) is 18.4 Å². The first-order chi connectivity index (χ1) is 16.4. The molecule has 2 N–H and O–H groups in total. The van der Waals surface area contributed by atoms with Crippen molar-refractivity contribution in [3.05, 3.63) is 69.9 Å². The van der Waals surface area contributed by atoms with Crippen molar-refractivity contribution in [2.24, 2.45) is 5.92 Å². The van der Waals surface area contributed by atoms with Crippen LogP contribution in [-0.2, 0) is 13.0 Å². The predicted molar refractivity (Wildman–Crippen MR) is 143 cm³/mol. The van der Waals surface area contributed by atoms with Crippen molar-refractivity contribution in [3.8, 4) is 5.00 Å². The molecule has 0 aliphatic carbocycles. The van der Waals surface area contributed by atoms with Gasteiger partial charge < -0.3 is 15.2 Å². The molecule has 1 aromatic carbocycles. The van der Waals surface area contributed by atoms with Crippen molar-refractivity contribution in [1.29, 1.82) is 0 Å². The molecule has 1 aliphatic heterocycles. The summed E-state index contributed by atoms with van der Waals surface area (Å²) >= 11 is 1.89. The van der Waals surface area contributed by atoms with Crippen LogP contribution in [0.1, 0.15) is 66.8 Å². The zero-order chi connectivity index (χ0) is 24.2. The maximum absolute atomic E-state index is 13.2. The number of aryl methyl sites for hydroxylation is 2. The highest BCUT2D eigenvalue weighted by molar-refractivity contribution is 7.15. The van der Waals surface area contributed by atoms with Gasteiger partial charge in [0.25, 0.3) is 0 Å². The number of benzene rings is 1. The summed E-state index contributed by atoms with van der Waals surface area (Å²) in [5.74, 6) is 0.576. The first kappa shape index (κ1) is 24.6. The Bertz CT molecular complexity index is 1120. The first-order valence-corrected chi connectivity index (χ1v) is 13.3. The molecule has 3 aromatic rings. The Morgan fingerprint density at radius 3 is 2.59 bits per heavy atom. The van der Waals surface area contributed by atoms with Crippen LogP contribution in [-0.4, -0.2) is 28.6 Å². The Morgan fingerprint density at radius 2 is 1.91 bits per heavy atom. The molecule has 3 heterocycles. The number of carbonyl (C=O) groups is 1. The Balaban J connectivity index is 1.67. The fraction of sp³-hybridized carbons (Fsp3) is 0.464. The molecule has 1 aliphatic rings. The maximum Gasteiger partial charge on any atom is 0.319 e. The van der Waals surface area contributed by atoms with Crippen LogP contribution in [0.4, 0.5) is 10.5 Å². The average molecular weight is 479 g/mol. The lowest BCUT2D eigenvalue weighted by molar-refractivity contribution is 0.246. The topological polar surface area (TPSA) is 49.3 Å². The number of aromatic nitrogens is 1. The highest BCUT2D eigenvalue weighted by atomic mass is 32.1. The Hall–Kier alpha value is -2.57. The Kier molecular flexibility index (Phi) is 7.79. The number of carbonyl (C=O) groups excluding carboxylic acids is 1. The number of nitrogens with zero attached hydrogens (tertiary/aromatic N) is 2. The lowest BCUT2D eigenvalue weighted by Gasteiger charge is -2.28. The van der Waals surface area contributed by atoms with Gasteiger partial charge in [-0.25, -0.2) is 4.79 Å². The second-order valence-corrected chi connectivity index (χ2v) is 11.0. The summed E-state index contributed by atoms with van der Waals surface area (Å²) in [6.07, 6.45) is 7.26. The number of thiophene rings is 1. The van der Waals surface area contributed by atoms with Crippen LogP contribution in [0.5, 0.6) is 0 Å². The van der Waals surface area contributed by atoms with E-state index in [1.54, 1.807) is 0 Å². The molecule has 34 heavy (non-hydrogen) atoms. The molecule has 2 aromatic heterocycles. The van der Waals surface area contributed by atoms with Crippen molar-refractivity contribution in [1.82, 2.24) is 14.8 Å². The van der Waals surface area contributed by atoms with Gasteiger partial charge in [-0.05, 0) is 74.9 Å². The summed E-state index contributed by atoms with van der Waals surface area (Å²) in [6.45, 7) is 14.0. The minimum atomic E-state index is -0.134. The van der Waals surface area contributed by atoms with E-state index < -0.39 is 0 Å². The van der Waals surface area contributed by atoms with E-state index in [9.17, 15) is 4.79 Å². The number of urea groups is 1. The molecular formula is C28H38N4OS. The summed E-state index contributed by atoms with van der Waals surface area (Å²) in [7, 11) is 0. The van der Waals surface area contributed by atoms with Crippen molar-refractivity contribution >= 4 is 23.1 Å². The third-order valence-corrected chi connectivity index (χ3v) is 8.01. The van der Waals surface area contributed by atoms with Crippen molar-refractivity contribution < 1.29 is 4.79 Å². The number of hydrogen-bond donors (Lipinski definition) is 2. The van der Waals surface area contributed by atoms with Crippen LogP contribution in [0, 0.1) is 19.8 Å². The summed E-state index contributed by atoms with van der Waals surface area (Å²) < 4.78 is 2.22. The van der Waals surface area contributed by atoms with Crippen LogP contribution in [0.15, 0.2) is 42.7 Å². The molecule has 6 heteroatoms. The fourth-order valence-corrected chi connectivity index (χ4v) is 6.23. The van der Waals surface area contributed by atoms with E-state index in [0.717, 1.165) is 50.1 Å². The highest BCUT2D eigenvalue weighted by Crippen LogP contribution is 2.41. The lowest BCUT2D eigenvalue weighted by Crippen LogP contribution is -2.35.